The molecule has 0 amide bonds. The number of hydrogen-bond acceptors (Lipinski definition) is 3. The molecule has 1 aromatic heterocycles. The highest BCUT2D eigenvalue weighted by Gasteiger charge is 2.43. The quantitative estimate of drug-likeness (QED) is 0.690. The number of rotatable bonds is 2. The second-order valence-corrected chi connectivity index (χ2v) is 4.77. The molecule has 2 fully saturated rings. The van der Waals surface area contributed by atoms with Crippen molar-refractivity contribution in [2.45, 2.75) is 25.7 Å². The van der Waals surface area contributed by atoms with Gasteiger partial charge in [-0.1, -0.05) is 6.42 Å². The van der Waals surface area contributed by atoms with Crippen molar-refractivity contribution < 1.29 is 4.79 Å². The fourth-order valence-electron chi connectivity index (χ4n) is 3.21. The predicted molar refractivity (Wildman–Crippen MR) is 55.3 cm³/mol. The summed E-state index contributed by atoms with van der Waals surface area (Å²) in [4.78, 5) is 20.0. The van der Waals surface area contributed by atoms with Crippen molar-refractivity contribution in [3.63, 3.8) is 0 Å². The van der Waals surface area contributed by atoms with Gasteiger partial charge in [-0.15, -0.1) is 0 Å². The van der Waals surface area contributed by atoms with Crippen LogP contribution in [-0.4, -0.2) is 15.8 Å². The molecule has 2 aliphatic rings. The van der Waals surface area contributed by atoms with Crippen LogP contribution in [0, 0.1) is 17.8 Å². The van der Waals surface area contributed by atoms with Gasteiger partial charge in [0, 0.05) is 18.3 Å². The molecule has 0 aromatic carbocycles. The molecule has 2 bridgehead atoms. The van der Waals surface area contributed by atoms with Gasteiger partial charge in [-0.25, -0.2) is 9.97 Å². The third-order valence-corrected chi connectivity index (χ3v) is 3.92. The second kappa shape index (κ2) is 3.40. The molecule has 3 nitrogen and oxygen atoms in total. The van der Waals surface area contributed by atoms with E-state index in [0.29, 0.717) is 11.5 Å². The average Bonchev–Trinajstić information content (AvgIpc) is 2.91. The number of aromatic nitrogens is 2. The van der Waals surface area contributed by atoms with Crippen LogP contribution < -0.4 is 0 Å². The third kappa shape index (κ3) is 1.46. The zero-order valence-corrected chi connectivity index (χ0v) is 8.60. The first kappa shape index (κ1) is 9.01. The molecular formula is C12H14N2O. The summed E-state index contributed by atoms with van der Waals surface area (Å²) in [6.07, 6.45) is 9.69. The van der Waals surface area contributed by atoms with Gasteiger partial charge in [0.15, 0.2) is 5.78 Å². The molecule has 0 radical (unpaired) electrons. The van der Waals surface area contributed by atoms with Crippen LogP contribution in [0.2, 0.25) is 0 Å². The minimum atomic E-state index is 0.259. The fraction of sp³-hybridized carbons (Fsp3) is 0.583. The second-order valence-electron chi connectivity index (χ2n) is 4.77. The van der Waals surface area contributed by atoms with E-state index in [0.717, 1.165) is 12.3 Å². The lowest BCUT2D eigenvalue weighted by Crippen LogP contribution is -2.21. The molecule has 0 saturated heterocycles. The number of carbonyl (C=O) groups excluding carboxylic acids is 1. The molecule has 3 unspecified atom stereocenters. The average molecular weight is 202 g/mol. The summed E-state index contributed by atoms with van der Waals surface area (Å²) < 4.78 is 0. The van der Waals surface area contributed by atoms with E-state index in [9.17, 15) is 4.79 Å². The van der Waals surface area contributed by atoms with Gasteiger partial charge in [-0.05, 0) is 31.1 Å². The first-order valence-electron chi connectivity index (χ1n) is 5.64. The summed E-state index contributed by atoms with van der Waals surface area (Å²) in [6, 6.07) is 0. The summed E-state index contributed by atoms with van der Waals surface area (Å²) in [5.74, 6) is 1.98. The van der Waals surface area contributed by atoms with E-state index in [1.165, 1.54) is 25.6 Å². The Morgan fingerprint density at radius 3 is 2.60 bits per heavy atom. The summed E-state index contributed by atoms with van der Waals surface area (Å²) in [5, 5.41) is 0. The van der Waals surface area contributed by atoms with Crippen LogP contribution in [-0.2, 0) is 0 Å². The largest absolute Gasteiger partial charge is 0.294 e. The number of carbonyl (C=O) groups is 1. The molecule has 0 aliphatic heterocycles. The van der Waals surface area contributed by atoms with Crippen LogP contribution in [0.25, 0.3) is 0 Å². The Balaban J connectivity index is 1.81. The summed E-state index contributed by atoms with van der Waals surface area (Å²) in [6.45, 7) is 0. The Morgan fingerprint density at radius 1 is 1.20 bits per heavy atom. The lowest BCUT2D eigenvalue weighted by atomic mass is 9.84. The summed E-state index contributed by atoms with van der Waals surface area (Å²) in [5.41, 5.74) is 0.690. The maximum absolute atomic E-state index is 12.2. The Kier molecular flexibility index (Phi) is 2.04. The summed E-state index contributed by atoms with van der Waals surface area (Å²) in [7, 11) is 0. The number of hydrogen-bond donors (Lipinski definition) is 0. The maximum Gasteiger partial charge on any atom is 0.169 e. The van der Waals surface area contributed by atoms with Gasteiger partial charge < -0.3 is 0 Å². The monoisotopic (exact) mass is 202 g/mol. The molecule has 0 spiro atoms. The molecule has 15 heavy (non-hydrogen) atoms. The van der Waals surface area contributed by atoms with Crippen LogP contribution in [0.5, 0.6) is 0 Å². The molecule has 2 aliphatic carbocycles. The maximum atomic E-state index is 12.2. The van der Waals surface area contributed by atoms with E-state index >= 15 is 0 Å². The Labute approximate surface area is 88.9 Å². The normalized spacial score (nSPS) is 33.2. The zero-order valence-electron chi connectivity index (χ0n) is 8.60. The van der Waals surface area contributed by atoms with Crippen molar-refractivity contribution in [1.29, 1.82) is 0 Å². The molecule has 2 saturated carbocycles. The number of Topliss-reactive ketones (excluding diaryl/α,β-unsaturated/α-hetero) is 1. The standard InChI is InChI=1S/C12H14N2O/c15-12(10-5-13-7-14-6-10)11-4-8-1-2-9(11)3-8/h5-9,11H,1-4H2. The SMILES string of the molecule is O=C(c1cncnc1)C1CC2CCC1C2. The molecule has 78 valence electrons. The van der Waals surface area contributed by atoms with E-state index in [1.807, 2.05) is 0 Å². The highest BCUT2D eigenvalue weighted by atomic mass is 16.1. The molecule has 3 rings (SSSR count). The lowest BCUT2D eigenvalue weighted by molar-refractivity contribution is 0.0874. The Bertz CT molecular complexity index is 376. The van der Waals surface area contributed by atoms with Gasteiger partial charge in [-0.2, -0.15) is 0 Å². The van der Waals surface area contributed by atoms with Crippen LogP contribution in [0.1, 0.15) is 36.0 Å². The van der Waals surface area contributed by atoms with Crippen LogP contribution in [0.15, 0.2) is 18.7 Å². The highest BCUT2D eigenvalue weighted by molar-refractivity contribution is 5.97. The topological polar surface area (TPSA) is 42.9 Å². The van der Waals surface area contributed by atoms with Gasteiger partial charge in [0.25, 0.3) is 0 Å². The molecule has 3 heteroatoms. The van der Waals surface area contributed by atoms with Gasteiger partial charge in [0.2, 0.25) is 0 Å². The van der Waals surface area contributed by atoms with Gasteiger partial charge >= 0.3 is 0 Å². The predicted octanol–water partition coefficient (Wildman–Crippen LogP) is 2.10. The smallest absolute Gasteiger partial charge is 0.169 e. The van der Waals surface area contributed by atoms with Crippen molar-refractivity contribution in [2.75, 3.05) is 0 Å². The highest BCUT2D eigenvalue weighted by Crippen LogP contribution is 2.49. The van der Waals surface area contributed by atoms with Gasteiger partial charge in [0.05, 0.1) is 5.56 Å². The van der Waals surface area contributed by atoms with Crippen molar-refractivity contribution in [3.05, 3.63) is 24.3 Å². The molecule has 1 aromatic rings. The van der Waals surface area contributed by atoms with E-state index in [2.05, 4.69) is 9.97 Å². The van der Waals surface area contributed by atoms with Crippen molar-refractivity contribution in [3.8, 4) is 0 Å². The number of fused-ring (bicyclic) bond motifs is 2. The van der Waals surface area contributed by atoms with Gasteiger partial charge in [0.1, 0.15) is 6.33 Å². The third-order valence-electron chi connectivity index (χ3n) is 3.92. The number of ketones is 1. The van der Waals surface area contributed by atoms with Gasteiger partial charge in [-0.3, -0.25) is 4.79 Å². The summed E-state index contributed by atoms with van der Waals surface area (Å²) >= 11 is 0. The van der Waals surface area contributed by atoms with E-state index in [-0.39, 0.29) is 11.7 Å². The minimum Gasteiger partial charge on any atom is -0.294 e. The molecular weight excluding hydrogens is 188 g/mol. The van der Waals surface area contributed by atoms with Crippen LogP contribution >= 0.6 is 0 Å². The van der Waals surface area contributed by atoms with Crippen molar-refractivity contribution in [1.82, 2.24) is 9.97 Å². The molecule has 1 heterocycles. The molecule has 0 N–H and O–H groups in total. The fourth-order valence-corrected chi connectivity index (χ4v) is 3.21. The Morgan fingerprint density at radius 2 is 2.00 bits per heavy atom. The Hall–Kier alpha value is -1.25. The molecule has 3 atom stereocenters. The minimum absolute atomic E-state index is 0.259. The van der Waals surface area contributed by atoms with Crippen LogP contribution in [0.3, 0.4) is 0 Å². The first-order valence-corrected chi connectivity index (χ1v) is 5.64. The zero-order chi connectivity index (χ0) is 10.3. The lowest BCUT2D eigenvalue weighted by Gasteiger charge is -2.19. The van der Waals surface area contributed by atoms with E-state index < -0.39 is 0 Å². The van der Waals surface area contributed by atoms with E-state index in [1.54, 1.807) is 12.4 Å². The van der Waals surface area contributed by atoms with Crippen molar-refractivity contribution in [2.24, 2.45) is 17.8 Å². The van der Waals surface area contributed by atoms with Crippen LogP contribution in [0.4, 0.5) is 0 Å². The van der Waals surface area contributed by atoms with Crippen molar-refractivity contribution >= 4 is 5.78 Å². The number of nitrogens with zero attached hydrogens (tertiary/aromatic N) is 2. The van der Waals surface area contributed by atoms with E-state index in [4.69, 9.17) is 0 Å². The first-order chi connectivity index (χ1) is 7.34.